The molecule has 1 aliphatic rings. The quantitative estimate of drug-likeness (QED) is 0.880. The minimum Gasteiger partial charge on any atom is -0.461 e. The van der Waals surface area contributed by atoms with Crippen LogP contribution in [0.25, 0.3) is 5.57 Å². The number of fused-ring (bicyclic) bond motifs is 1. The van der Waals surface area contributed by atoms with E-state index in [1.807, 2.05) is 0 Å². The molecule has 0 bridgehead atoms. The summed E-state index contributed by atoms with van der Waals surface area (Å²) in [4.78, 5) is 40.2. The number of hydrogen-bond acceptors (Lipinski definition) is 4. The van der Waals surface area contributed by atoms with E-state index < -0.39 is 5.97 Å². The van der Waals surface area contributed by atoms with Crippen LogP contribution in [0.3, 0.4) is 0 Å². The lowest BCUT2D eigenvalue weighted by atomic mass is 9.85. The van der Waals surface area contributed by atoms with Crippen LogP contribution in [0.4, 0.5) is 0 Å². The van der Waals surface area contributed by atoms with Crippen molar-refractivity contribution < 1.29 is 19.1 Å². The van der Waals surface area contributed by atoms with Gasteiger partial charge in [0.1, 0.15) is 5.69 Å². The first kappa shape index (κ1) is 15.9. The van der Waals surface area contributed by atoms with E-state index in [4.69, 9.17) is 4.74 Å². The minimum atomic E-state index is -0.472. The monoisotopic (exact) mass is 323 g/mol. The largest absolute Gasteiger partial charge is 0.461 e. The molecule has 0 radical (unpaired) electrons. The molecule has 1 N–H and O–H groups in total. The number of nitrogens with one attached hydrogen (secondary N) is 1. The number of carbonyl (C=O) groups excluding carboxylic acids is 3. The Morgan fingerprint density at radius 1 is 1.12 bits per heavy atom. The van der Waals surface area contributed by atoms with Crippen LogP contribution in [0.2, 0.25) is 0 Å². The molecule has 24 heavy (non-hydrogen) atoms. The third kappa shape index (κ3) is 2.38. The van der Waals surface area contributed by atoms with Crippen molar-refractivity contribution in [2.24, 2.45) is 0 Å². The highest BCUT2D eigenvalue weighted by Gasteiger charge is 2.30. The third-order valence-corrected chi connectivity index (χ3v) is 4.14. The fraction of sp³-hybridized carbons (Fsp3) is 0.211. The second-order valence-electron chi connectivity index (χ2n) is 5.64. The van der Waals surface area contributed by atoms with Crippen molar-refractivity contribution in [3.05, 3.63) is 64.0 Å². The molecule has 1 heterocycles. The fourth-order valence-electron chi connectivity index (χ4n) is 3.06. The number of aryl methyl sites for hydroxylation is 1. The summed E-state index contributed by atoms with van der Waals surface area (Å²) >= 11 is 0. The molecule has 0 saturated heterocycles. The number of ether oxygens (including phenoxy) is 1. The number of aromatic nitrogens is 1. The number of hydrogen-bond donors (Lipinski definition) is 1. The molecule has 0 saturated carbocycles. The maximum atomic E-state index is 12.8. The maximum Gasteiger partial charge on any atom is 0.355 e. The van der Waals surface area contributed by atoms with Gasteiger partial charge in [-0.25, -0.2) is 4.79 Å². The molecule has 2 aromatic rings. The van der Waals surface area contributed by atoms with Crippen molar-refractivity contribution >= 4 is 23.1 Å². The van der Waals surface area contributed by atoms with E-state index >= 15 is 0 Å². The van der Waals surface area contributed by atoms with Gasteiger partial charge in [0.2, 0.25) is 0 Å². The van der Waals surface area contributed by atoms with Gasteiger partial charge < -0.3 is 9.72 Å². The molecule has 0 unspecified atom stereocenters. The van der Waals surface area contributed by atoms with E-state index in [0.29, 0.717) is 39.2 Å². The summed E-state index contributed by atoms with van der Waals surface area (Å²) in [7, 11) is 0. The van der Waals surface area contributed by atoms with Gasteiger partial charge in [0.25, 0.3) is 0 Å². The van der Waals surface area contributed by atoms with Crippen molar-refractivity contribution in [2.75, 3.05) is 6.61 Å². The van der Waals surface area contributed by atoms with Gasteiger partial charge in [-0.3, -0.25) is 9.59 Å². The van der Waals surface area contributed by atoms with Crippen molar-refractivity contribution in [3.8, 4) is 0 Å². The molecule has 0 aliphatic heterocycles. The first-order valence-electron chi connectivity index (χ1n) is 7.72. The Bertz CT molecular complexity index is 902. The molecular weight excluding hydrogens is 306 g/mol. The number of Topliss-reactive ketones (excluding diaryl/α,β-unsaturated/α-hetero) is 1. The van der Waals surface area contributed by atoms with Crippen molar-refractivity contribution in [2.45, 2.75) is 20.8 Å². The van der Waals surface area contributed by atoms with Gasteiger partial charge in [0.15, 0.2) is 11.6 Å². The zero-order valence-electron chi connectivity index (χ0n) is 13.7. The van der Waals surface area contributed by atoms with Crippen LogP contribution < -0.4 is 0 Å². The predicted molar refractivity (Wildman–Crippen MR) is 89.3 cm³/mol. The van der Waals surface area contributed by atoms with Gasteiger partial charge in [-0.2, -0.15) is 0 Å². The Balaban J connectivity index is 2.13. The molecule has 0 fully saturated rings. The van der Waals surface area contributed by atoms with Crippen molar-refractivity contribution in [3.63, 3.8) is 0 Å². The van der Waals surface area contributed by atoms with Crippen LogP contribution in [0, 0.1) is 13.8 Å². The molecule has 5 nitrogen and oxygen atoms in total. The highest BCUT2D eigenvalue weighted by Crippen LogP contribution is 2.32. The van der Waals surface area contributed by atoms with Crippen molar-refractivity contribution in [1.29, 1.82) is 0 Å². The van der Waals surface area contributed by atoms with Gasteiger partial charge in [-0.15, -0.1) is 0 Å². The molecule has 1 aliphatic carbocycles. The van der Waals surface area contributed by atoms with Gasteiger partial charge in [0.05, 0.1) is 6.61 Å². The predicted octanol–water partition coefficient (Wildman–Crippen LogP) is 3.27. The summed E-state index contributed by atoms with van der Waals surface area (Å²) in [6, 6.07) is 6.75. The zero-order valence-corrected chi connectivity index (χ0v) is 13.7. The average Bonchev–Trinajstić information content (AvgIpc) is 2.86. The first-order valence-corrected chi connectivity index (χ1v) is 7.72. The molecule has 1 aromatic heterocycles. The average molecular weight is 323 g/mol. The number of carbonyl (C=O) groups is 3. The Hall–Kier alpha value is -2.95. The second-order valence-corrected chi connectivity index (χ2v) is 5.64. The number of H-pyrrole nitrogens is 1. The summed E-state index contributed by atoms with van der Waals surface area (Å²) in [6.45, 7) is 5.50. The molecule has 3 rings (SSSR count). The number of ketones is 2. The van der Waals surface area contributed by atoms with E-state index in [2.05, 4.69) is 4.98 Å². The summed E-state index contributed by atoms with van der Waals surface area (Å²) in [5.74, 6) is -0.899. The fourth-order valence-corrected chi connectivity index (χ4v) is 3.06. The van der Waals surface area contributed by atoms with Gasteiger partial charge in [-0.05, 0) is 32.4 Å². The molecular formula is C19H17NO4. The van der Waals surface area contributed by atoms with E-state index in [9.17, 15) is 14.4 Å². The highest BCUT2D eigenvalue weighted by atomic mass is 16.5. The summed E-state index contributed by atoms with van der Waals surface area (Å²) in [6.07, 6.45) is 1.35. The first-order chi connectivity index (χ1) is 11.5. The van der Waals surface area contributed by atoms with Gasteiger partial charge in [0, 0.05) is 28.0 Å². The van der Waals surface area contributed by atoms with E-state index in [1.165, 1.54) is 6.08 Å². The number of esters is 1. The molecule has 0 atom stereocenters. The van der Waals surface area contributed by atoms with E-state index in [-0.39, 0.29) is 18.2 Å². The number of rotatable bonds is 3. The smallest absolute Gasteiger partial charge is 0.355 e. The Morgan fingerprint density at radius 3 is 2.46 bits per heavy atom. The number of benzene rings is 1. The second kappa shape index (κ2) is 5.92. The van der Waals surface area contributed by atoms with Crippen LogP contribution in [0.1, 0.15) is 54.9 Å². The van der Waals surface area contributed by atoms with Crippen LogP contribution in [0.5, 0.6) is 0 Å². The molecule has 5 heteroatoms. The van der Waals surface area contributed by atoms with Crippen LogP contribution in [-0.4, -0.2) is 29.1 Å². The van der Waals surface area contributed by atoms with Gasteiger partial charge >= 0.3 is 5.97 Å². The summed E-state index contributed by atoms with van der Waals surface area (Å²) in [5, 5.41) is 0. The Morgan fingerprint density at radius 2 is 1.79 bits per heavy atom. The highest BCUT2D eigenvalue weighted by molar-refractivity contribution is 6.39. The molecule has 122 valence electrons. The molecule has 0 spiro atoms. The number of allylic oxidation sites excluding steroid dienone is 2. The zero-order chi connectivity index (χ0) is 17.4. The Labute approximate surface area is 139 Å². The van der Waals surface area contributed by atoms with Crippen LogP contribution in [0.15, 0.2) is 30.3 Å². The lowest BCUT2D eigenvalue weighted by molar-refractivity contribution is 0.0519. The number of aromatic amines is 1. The molecule has 0 amide bonds. The third-order valence-electron chi connectivity index (χ3n) is 4.14. The lowest BCUT2D eigenvalue weighted by Crippen LogP contribution is -2.16. The topological polar surface area (TPSA) is 76.2 Å². The standard InChI is InChI=1S/C19H17NO4/c1-4-24-19(23)17-10(2)16(11(3)20-17)14-9-15(21)12-7-5-6-8-13(12)18(14)22/h5-9,20H,4H2,1-3H3. The minimum absolute atomic E-state index is 0.210. The SMILES string of the molecule is CCOC(=O)c1[nH]c(C)c(C2=CC(=O)c3ccccc3C2=O)c1C. The van der Waals surface area contributed by atoms with Crippen LogP contribution >= 0.6 is 0 Å². The van der Waals surface area contributed by atoms with E-state index in [1.54, 1.807) is 45.0 Å². The summed E-state index contributed by atoms with van der Waals surface area (Å²) < 4.78 is 5.03. The van der Waals surface area contributed by atoms with Crippen LogP contribution in [-0.2, 0) is 4.74 Å². The maximum absolute atomic E-state index is 12.8. The lowest BCUT2D eigenvalue weighted by Gasteiger charge is -2.15. The normalized spacial score (nSPS) is 13.5. The summed E-state index contributed by atoms with van der Waals surface area (Å²) in [5.41, 5.74) is 3.26. The molecule has 1 aromatic carbocycles. The van der Waals surface area contributed by atoms with Gasteiger partial charge in [-0.1, -0.05) is 24.3 Å². The van der Waals surface area contributed by atoms with Crippen molar-refractivity contribution in [1.82, 2.24) is 4.98 Å². The Kier molecular flexibility index (Phi) is 3.93. The van der Waals surface area contributed by atoms with E-state index in [0.717, 1.165) is 0 Å².